The number of pyridine rings is 1. The lowest BCUT2D eigenvalue weighted by Gasteiger charge is -2.15. The largest absolute Gasteiger partial charge is 0.308 e. The highest BCUT2D eigenvalue weighted by Gasteiger charge is 2.11. The van der Waals surface area contributed by atoms with Crippen LogP contribution in [0, 0.1) is 0 Å². The van der Waals surface area contributed by atoms with Crippen LogP contribution >= 0.6 is 0 Å². The summed E-state index contributed by atoms with van der Waals surface area (Å²) in [4.78, 5) is 4.36. The van der Waals surface area contributed by atoms with Crippen molar-refractivity contribution in [3.05, 3.63) is 66.0 Å². The smallest absolute Gasteiger partial charge is 0.0748 e. The van der Waals surface area contributed by atoms with Crippen LogP contribution in [0.3, 0.4) is 0 Å². The predicted octanol–water partition coefficient (Wildman–Crippen LogP) is 2.39. The van der Waals surface area contributed by atoms with E-state index in [1.807, 2.05) is 49.6 Å². The van der Waals surface area contributed by atoms with Crippen molar-refractivity contribution in [3.8, 4) is 0 Å². The number of hydrogen-bond donors (Lipinski definition) is 1. The first-order chi connectivity index (χ1) is 7.42. The van der Waals surface area contributed by atoms with Crippen LogP contribution in [0.15, 0.2) is 54.7 Å². The normalized spacial score (nSPS) is 12.3. The Labute approximate surface area is 90.0 Å². The fourth-order valence-corrected chi connectivity index (χ4v) is 1.68. The van der Waals surface area contributed by atoms with Crippen molar-refractivity contribution in [3.63, 3.8) is 0 Å². The molecule has 0 saturated heterocycles. The average Bonchev–Trinajstić information content (AvgIpc) is 2.33. The molecule has 1 aromatic carbocycles. The number of nitrogens with zero attached hydrogens (tertiary/aromatic N) is 1. The third kappa shape index (κ3) is 2.22. The predicted molar refractivity (Wildman–Crippen MR) is 61.6 cm³/mol. The minimum Gasteiger partial charge on any atom is -0.308 e. The van der Waals surface area contributed by atoms with Gasteiger partial charge in [-0.2, -0.15) is 0 Å². The summed E-state index contributed by atoms with van der Waals surface area (Å²) < 4.78 is 0. The minimum absolute atomic E-state index is 0.174. The Bertz CT molecular complexity index is 358. The van der Waals surface area contributed by atoms with Crippen molar-refractivity contribution >= 4 is 0 Å². The average molecular weight is 198 g/mol. The zero-order chi connectivity index (χ0) is 10.5. The van der Waals surface area contributed by atoms with Gasteiger partial charge in [-0.25, -0.2) is 0 Å². The van der Waals surface area contributed by atoms with Gasteiger partial charge < -0.3 is 5.32 Å². The molecule has 15 heavy (non-hydrogen) atoms. The van der Waals surface area contributed by atoms with Gasteiger partial charge in [-0.1, -0.05) is 36.4 Å². The molecular weight excluding hydrogens is 184 g/mol. The molecule has 0 spiro atoms. The van der Waals surface area contributed by atoms with Crippen LogP contribution in [0.2, 0.25) is 0 Å². The van der Waals surface area contributed by atoms with E-state index in [4.69, 9.17) is 0 Å². The molecule has 2 rings (SSSR count). The molecule has 1 aromatic heterocycles. The van der Waals surface area contributed by atoms with Gasteiger partial charge in [0.2, 0.25) is 0 Å². The summed E-state index contributed by atoms with van der Waals surface area (Å²) in [7, 11) is 1.95. The number of benzene rings is 1. The first-order valence-electron chi connectivity index (χ1n) is 5.05. The van der Waals surface area contributed by atoms with Gasteiger partial charge in [0.1, 0.15) is 0 Å². The SMILES string of the molecule is CN[C@H](c1ccccc1)c1ccccn1. The van der Waals surface area contributed by atoms with E-state index in [0.717, 1.165) is 5.69 Å². The van der Waals surface area contributed by atoms with Crippen molar-refractivity contribution < 1.29 is 0 Å². The lowest BCUT2D eigenvalue weighted by atomic mass is 10.0. The van der Waals surface area contributed by atoms with E-state index in [9.17, 15) is 0 Å². The van der Waals surface area contributed by atoms with Crippen LogP contribution in [0.1, 0.15) is 17.3 Å². The maximum atomic E-state index is 4.36. The van der Waals surface area contributed by atoms with Gasteiger partial charge in [-0.3, -0.25) is 4.98 Å². The molecule has 0 aliphatic heterocycles. The van der Waals surface area contributed by atoms with Gasteiger partial charge in [0.15, 0.2) is 0 Å². The lowest BCUT2D eigenvalue weighted by Crippen LogP contribution is -2.18. The van der Waals surface area contributed by atoms with E-state index in [1.165, 1.54) is 5.56 Å². The van der Waals surface area contributed by atoms with Crippen molar-refractivity contribution in [2.45, 2.75) is 6.04 Å². The Morgan fingerprint density at radius 3 is 2.33 bits per heavy atom. The molecular formula is C13H14N2. The van der Waals surface area contributed by atoms with Crippen molar-refractivity contribution in [2.24, 2.45) is 0 Å². The van der Waals surface area contributed by atoms with Crippen molar-refractivity contribution in [2.75, 3.05) is 7.05 Å². The molecule has 0 saturated carbocycles. The fourth-order valence-electron chi connectivity index (χ4n) is 1.68. The third-order valence-electron chi connectivity index (χ3n) is 2.41. The van der Waals surface area contributed by atoms with Gasteiger partial charge in [-0.15, -0.1) is 0 Å². The van der Waals surface area contributed by atoms with Crippen LogP contribution in [0.4, 0.5) is 0 Å². The zero-order valence-electron chi connectivity index (χ0n) is 8.72. The van der Waals surface area contributed by atoms with Crippen molar-refractivity contribution in [1.82, 2.24) is 10.3 Å². The maximum Gasteiger partial charge on any atom is 0.0748 e. The molecule has 0 fully saturated rings. The first kappa shape index (κ1) is 9.87. The third-order valence-corrected chi connectivity index (χ3v) is 2.41. The molecule has 0 bridgehead atoms. The second-order valence-corrected chi connectivity index (χ2v) is 3.39. The van der Waals surface area contributed by atoms with E-state index in [-0.39, 0.29) is 6.04 Å². The summed E-state index contributed by atoms with van der Waals surface area (Å²) in [5, 5.41) is 3.27. The highest BCUT2D eigenvalue weighted by Crippen LogP contribution is 2.18. The number of rotatable bonds is 3. The summed E-state index contributed by atoms with van der Waals surface area (Å²) in [5.41, 5.74) is 2.28. The van der Waals surface area contributed by atoms with E-state index < -0.39 is 0 Å². The quantitative estimate of drug-likeness (QED) is 0.819. The van der Waals surface area contributed by atoms with Gasteiger partial charge >= 0.3 is 0 Å². The Morgan fingerprint density at radius 2 is 1.73 bits per heavy atom. The summed E-state index contributed by atoms with van der Waals surface area (Å²) in [6.45, 7) is 0. The lowest BCUT2D eigenvalue weighted by molar-refractivity contribution is 0.671. The molecule has 0 amide bonds. The van der Waals surface area contributed by atoms with E-state index in [0.29, 0.717) is 0 Å². The molecule has 1 N–H and O–H groups in total. The Morgan fingerprint density at radius 1 is 1.00 bits per heavy atom. The number of aromatic nitrogens is 1. The van der Waals surface area contributed by atoms with Gasteiger partial charge in [-0.05, 0) is 24.7 Å². The summed E-state index contributed by atoms with van der Waals surface area (Å²) in [6.07, 6.45) is 1.82. The first-order valence-corrected chi connectivity index (χ1v) is 5.05. The van der Waals surface area contributed by atoms with Gasteiger partial charge in [0.25, 0.3) is 0 Å². The summed E-state index contributed by atoms with van der Waals surface area (Å²) in [5.74, 6) is 0. The molecule has 2 nitrogen and oxygen atoms in total. The van der Waals surface area contributed by atoms with E-state index in [2.05, 4.69) is 22.4 Å². The van der Waals surface area contributed by atoms with Gasteiger partial charge in [0, 0.05) is 6.20 Å². The van der Waals surface area contributed by atoms with Crippen LogP contribution in [0.5, 0.6) is 0 Å². The molecule has 0 radical (unpaired) electrons. The van der Waals surface area contributed by atoms with Crippen LogP contribution in [-0.4, -0.2) is 12.0 Å². The second kappa shape index (κ2) is 4.71. The second-order valence-electron chi connectivity index (χ2n) is 3.39. The molecule has 1 heterocycles. The molecule has 76 valence electrons. The highest BCUT2D eigenvalue weighted by atomic mass is 14.9. The molecule has 0 aliphatic carbocycles. The van der Waals surface area contributed by atoms with E-state index >= 15 is 0 Å². The Balaban J connectivity index is 2.34. The summed E-state index contributed by atoms with van der Waals surface area (Å²) in [6, 6.07) is 16.5. The number of hydrogen-bond acceptors (Lipinski definition) is 2. The molecule has 0 unspecified atom stereocenters. The zero-order valence-corrected chi connectivity index (χ0v) is 8.72. The topological polar surface area (TPSA) is 24.9 Å². The van der Waals surface area contributed by atoms with Crippen LogP contribution in [0.25, 0.3) is 0 Å². The minimum atomic E-state index is 0.174. The van der Waals surface area contributed by atoms with E-state index in [1.54, 1.807) is 0 Å². The Kier molecular flexibility index (Phi) is 3.10. The van der Waals surface area contributed by atoms with Gasteiger partial charge in [0.05, 0.1) is 11.7 Å². The van der Waals surface area contributed by atoms with Crippen LogP contribution < -0.4 is 5.32 Å². The monoisotopic (exact) mass is 198 g/mol. The van der Waals surface area contributed by atoms with Crippen molar-refractivity contribution in [1.29, 1.82) is 0 Å². The van der Waals surface area contributed by atoms with Crippen LogP contribution in [-0.2, 0) is 0 Å². The molecule has 0 aliphatic rings. The molecule has 1 atom stereocenters. The summed E-state index contributed by atoms with van der Waals surface area (Å²) >= 11 is 0. The maximum absolute atomic E-state index is 4.36. The Hall–Kier alpha value is -1.67. The number of nitrogens with one attached hydrogen (secondary N) is 1. The highest BCUT2D eigenvalue weighted by molar-refractivity contribution is 5.27. The molecule has 2 heteroatoms. The molecule has 2 aromatic rings. The fraction of sp³-hybridized carbons (Fsp3) is 0.154. The standard InChI is InChI=1S/C13H14N2/c1-14-13(11-7-3-2-4-8-11)12-9-5-6-10-15-12/h2-10,13-14H,1H3/t13-/m1/s1.